The normalized spacial score (nSPS) is 16.9. The molecule has 0 bridgehead atoms. The molecule has 0 atom stereocenters. The highest BCUT2D eigenvalue weighted by atomic mass is 79.9. The average Bonchev–Trinajstić information content (AvgIpc) is 2.70. The van der Waals surface area contributed by atoms with E-state index in [1.54, 1.807) is 0 Å². The molecule has 0 N–H and O–H groups in total. The van der Waals surface area contributed by atoms with Gasteiger partial charge in [-0.2, -0.15) is 0 Å². The van der Waals surface area contributed by atoms with Crippen molar-refractivity contribution in [3.63, 3.8) is 0 Å². The van der Waals surface area contributed by atoms with E-state index in [9.17, 15) is 4.79 Å². The fourth-order valence-corrected chi connectivity index (χ4v) is 2.66. The van der Waals surface area contributed by atoms with Gasteiger partial charge in [-0.3, -0.25) is 4.79 Å². The van der Waals surface area contributed by atoms with Crippen molar-refractivity contribution in [1.82, 2.24) is 0 Å². The summed E-state index contributed by atoms with van der Waals surface area (Å²) in [6.45, 7) is 0. The van der Waals surface area contributed by atoms with Crippen molar-refractivity contribution in [2.24, 2.45) is 5.92 Å². The van der Waals surface area contributed by atoms with Gasteiger partial charge in [0.25, 0.3) is 0 Å². The Balaban J connectivity index is 2.01. The molecule has 15 heavy (non-hydrogen) atoms. The topological polar surface area (TPSA) is 17.1 Å². The van der Waals surface area contributed by atoms with Gasteiger partial charge in [0.05, 0.1) is 0 Å². The highest BCUT2D eigenvalue weighted by molar-refractivity contribution is 9.10. The first-order valence-corrected chi connectivity index (χ1v) is 6.34. The van der Waals surface area contributed by atoms with E-state index in [-0.39, 0.29) is 0 Å². The van der Waals surface area contributed by atoms with Gasteiger partial charge in [-0.1, -0.05) is 53.7 Å². The van der Waals surface area contributed by atoms with Crippen LogP contribution in [0.2, 0.25) is 0 Å². The van der Waals surface area contributed by atoms with Crippen molar-refractivity contribution >= 4 is 21.7 Å². The number of rotatable bonds is 3. The van der Waals surface area contributed by atoms with E-state index >= 15 is 0 Å². The van der Waals surface area contributed by atoms with Crippen LogP contribution in [0.5, 0.6) is 0 Å². The van der Waals surface area contributed by atoms with E-state index in [0.717, 1.165) is 16.5 Å². The summed E-state index contributed by atoms with van der Waals surface area (Å²) in [5, 5.41) is 0. The molecule has 0 unspecified atom stereocenters. The minimum atomic E-state index is 0.295. The molecule has 2 rings (SSSR count). The van der Waals surface area contributed by atoms with Gasteiger partial charge in [0.15, 0.2) is 5.78 Å². The molecule has 1 aromatic carbocycles. The number of hydrogen-bond donors (Lipinski definition) is 0. The molecule has 1 aliphatic rings. The van der Waals surface area contributed by atoms with Crippen LogP contribution in [0.15, 0.2) is 28.7 Å². The molecule has 80 valence electrons. The smallest absolute Gasteiger partial charge is 0.163 e. The quantitative estimate of drug-likeness (QED) is 0.749. The zero-order chi connectivity index (χ0) is 10.7. The first kappa shape index (κ1) is 10.9. The maximum Gasteiger partial charge on any atom is 0.163 e. The predicted octanol–water partition coefficient (Wildman–Crippen LogP) is 4.21. The van der Waals surface area contributed by atoms with Crippen LogP contribution in [0, 0.1) is 5.92 Å². The number of ketones is 1. The Kier molecular flexibility index (Phi) is 3.57. The molecule has 1 saturated carbocycles. The van der Waals surface area contributed by atoms with Gasteiger partial charge in [-0.25, -0.2) is 0 Å². The van der Waals surface area contributed by atoms with Gasteiger partial charge in [0.1, 0.15) is 0 Å². The van der Waals surface area contributed by atoms with E-state index in [1.807, 2.05) is 24.3 Å². The summed E-state index contributed by atoms with van der Waals surface area (Å²) in [6.07, 6.45) is 5.81. The summed E-state index contributed by atoms with van der Waals surface area (Å²) >= 11 is 3.39. The average molecular weight is 267 g/mol. The molecule has 0 radical (unpaired) electrons. The van der Waals surface area contributed by atoms with Crippen molar-refractivity contribution in [2.45, 2.75) is 32.1 Å². The Bertz CT molecular complexity index is 353. The van der Waals surface area contributed by atoms with E-state index in [1.165, 1.54) is 25.7 Å². The Morgan fingerprint density at radius 2 is 2.07 bits per heavy atom. The lowest BCUT2D eigenvalue weighted by molar-refractivity contribution is 0.0962. The second kappa shape index (κ2) is 4.93. The molecule has 0 amide bonds. The van der Waals surface area contributed by atoms with Crippen molar-refractivity contribution < 1.29 is 4.79 Å². The van der Waals surface area contributed by atoms with E-state index < -0.39 is 0 Å². The van der Waals surface area contributed by atoms with E-state index in [0.29, 0.717) is 11.7 Å². The standard InChI is InChI=1S/C13H15BrO/c14-12-7-3-6-11(9-12)13(15)8-10-4-1-2-5-10/h3,6-7,9-10H,1-2,4-5,8H2. The van der Waals surface area contributed by atoms with Crippen LogP contribution < -0.4 is 0 Å². The molecular formula is C13H15BrO. The molecule has 1 fully saturated rings. The van der Waals surface area contributed by atoms with Gasteiger partial charge >= 0.3 is 0 Å². The van der Waals surface area contributed by atoms with Crippen LogP contribution >= 0.6 is 15.9 Å². The monoisotopic (exact) mass is 266 g/mol. The van der Waals surface area contributed by atoms with Crippen LogP contribution in [0.3, 0.4) is 0 Å². The summed E-state index contributed by atoms with van der Waals surface area (Å²) in [7, 11) is 0. The molecular weight excluding hydrogens is 252 g/mol. The molecule has 2 heteroatoms. The van der Waals surface area contributed by atoms with E-state index in [4.69, 9.17) is 0 Å². The summed E-state index contributed by atoms with van der Waals surface area (Å²) in [4.78, 5) is 11.9. The van der Waals surface area contributed by atoms with Gasteiger partial charge in [0.2, 0.25) is 0 Å². The Labute approximate surface area is 99.0 Å². The Morgan fingerprint density at radius 3 is 2.73 bits per heavy atom. The Hall–Kier alpha value is -0.630. The lowest BCUT2D eigenvalue weighted by atomic mass is 9.97. The predicted molar refractivity (Wildman–Crippen MR) is 65.0 cm³/mol. The second-order valence-electron chi connectivity index (χ2n) is 4.29. The van der Waals surface area contributed by atoms with Crippen LogP contribution in [-0.2, 0) is 0 Å². The van der Waals surface area contributed by atoms with E-state index in [2.05, 4.69) is 15.9 Å². The molecule has 1 aromatic rings. The van der Waals surface area contributed by atoms with Crippen LogP contribution in [-0.4, -0.2) is 5.78 Å². The maximum atomic E-state index is 11.9. The minimum absolute atomic E-state index is 0.295. The number of halogens is 1. The highest BCUT2D eigenvalue weighted by Crippen LogP contribution is 2.28. The fraction of sp³-hybridized carbons (Fsp3) is 0.462. The third-order valence-electron chi connectivity index (χ3n) is 3.10. The molecule has 0 heterocycles. The summed E-state index contributed by atoms with van der Waals surface area (Å²) in [5.74, 6) is 0.930. The number of benzene rings is 1. The van der Waals surface area contributed by atoms with Crippen LogP contribution in [0.25, 0.3) is 0 Å². The lowest BCUT2D eigenvalue weighted by Crippen LogP contribution is -2.05. The zero-order valence-electron chi connectivity index (χ0n) is 8.71. The molecule has 0 aromatic heterocycles. The van der Waals surface area contributed by atoms with Gasteiger partial charge in [0, 0.05) is 16.5 Å². The van der Waals surface area contributed by atoms with Gasteiger partial charge < -0.3 is 0 Å². The van der Waals surface area contributed by atoms with Crippen LogP contribution in [0.4, 0.5) is 0 Å². The SMILES string of the molecule is O=C(CC1CCCC1)c1cccc(Br)c1. The van der Waals surface area contributed by atoms with Crippen LogP contribution in [0.1, 0.15) is 42.5 Å². The molecule has 0 aliphatic heterocycles. The molecule has 1 nitrogen and oxygen atoms in total. The number of hydrogen-bond acceptors (Lipinski definition) is 1. The van der Waals surface area contributed by atoms with Crippen molar-refractivity contribution in [1.29, 1.82) is 0 Å². The summed E-state index contributed by atoms with van der Waals surface area (Å²) in [5.41, 5.74) is 0.844. The number of carbonyl (C=O) groups is 1. The maximum absolute atomic E-state index is 11.9. The second-order valence-corrected chi connectivity index (χ2v) is 5.20. The lowest BCUT2D eigenvalue weighted by Gasteiger charge is -2.07. The molecule has 0 saturated heterocycles. The third-order valence-corrected chi connectivity index (χ3v) is 3.59. The summed E-state index contributed by atoms with van der Waals surface area (Å²) in [6, 6.07) is 7.69. The molecule has 0 spiro atoms. The fourth-order valence-electron chi connectivity index (χ4n) is 2.26. The zero-order valence-corrected chi connectivity index (χ0v) is 10.3. The first-order valence-electron chi connectivity index (χ1n) is 5.54. The third kappa shape index (κ3) is 2.91. The number of Topliss-reactive ketones (excluding diaryl/α,β-unsaturated/α-hetero) is 1. The molecule has 1 aliphatic carbocycles. The largest absolute Gasteiger partial charge is 0.294 e. The first-order chi connectivity index (χ1) is 7.25. The summed E-state index contributed by atoms with van der Waals surface area (Å²) < 4.78 is 0.986. The Morgan fingerprint density at radius 1 is 1.33 bits per heavy atom. The van der Waals surface area contributed by atoms with Crippen molar-refractivity contribution in [2.75, 3.05) is 0 Å². The highest BCUT2D eigenvalue weighted by Gasteiger charge is 2.19. The number of carbonyl (C=O) groups excluding carboxylic acids is 1. The minimum Gasteiger partial charge on any atom is -0.294 e. The van der Waals surface area contributed by atoms with Gasteiger partial charge in [-0.15, -0.1) is 0 Å². The van der Waals surface area contributed by atoms with Gasteiger partial charge in [-0.05, 0) is 18.1 Å². The van der Waals surface area contributed by atoms with Crippen molar-refractivity contribution in [3.05, 3.63) is 34.3 Å². The van der Waals surface area contributed by atoms with Crippen molar-refractivity contribution in [3.8, 4) is 0 Å².